The molecule has 0 radical (unpaired) electrons. The van der Waals surface area contributed by atoms with Crippen LogP contribution in [0.2, 0.25) is 10.0 Å². The SMILES string of the molecule is CCS(=O)(=O)N1CCC(CNC(=O)c2ccc(Cl)cc2Cl)(CC(C)C)CC1. The van der Waals surface area contributed by atoms with Crippen molar-refractivity contribution in [1.29, 1.82) is 0 Å². The third-order valence-electron chi connectivity index (χ3n) is 5.18. The standard InChI is InChI=1S/C19H28Cl2N2O3S/c1-4-27(25,26)23-9-7-19(8-10-23,12-14(2)3)13-22-18(24)16-6-5-15(20)11-17(16)21/h5-6,11,14H,4,7-10,12-13H2,1-3H3,(H,22,24). The maximum atomic E-state index is 12.6. The number of carbonyl (C=O) groups is 1. The lowest BCUT2D eigenvalue weighted by Crippen LogP contribution is -2.48. The predicted octanol–water partition coefficient (Wildman–Crippen LogP) is 4.20. The average Bonchev–Trinajstić information content (AvgIpc) is 2.59. The van der Waals surface area contributed by atoms with Gasteiger partial charge in [0.25, 0.3) is 5.91 Å². The number of sulfonamides is 1. The first-order valence-corrected chi connectivity index (χ1v) is 11.7. The predicted molar refractivity (Wildman–Crippen MR) is 111 cm³/mol. The smallest absolute Gasteiger partial charge is 0.252 e. The molecule has 0 aromatic heterocycles. The van der Waals surface area contributed by atoms with E-state index in [1.54, 1.807) is 29.4 Å². The van der Waals surface area contributed by atoms with Crippen LogP contribution >= 0.6 is 23.2 Å². The first-order valence-electron chi connectivity index (χ1n) is 9.29. The highest BCUT2D eigenvalue weighted by Crippen LogP contribution is 2.38. The van der Waals surface area contributed by atoms with Crippen LogP contribution in [0, 0.1) is 11.3 Å². The van der Waals surface area contributed by atoms with E-state index in [-0.39, 0.29) is 17.1 Å². The molecule has 1 heterocycles. The molecule has 1 fully saturated rings. The van der Waals surface area contributed by atoms with Crippen LogP contribution in [0.5, 0.6) is 0 Å². The number of piperidine rings is 1. The minimum Gasteiger partial charge on any atom is -0.351 e. The molecule has 1 aromatic carbocycles. The van der Waals surface area contributed by atoms with Gasteiger partial charge in [-0.05, 0) is 55.7 Å². The van der Waals surface area contributed by atoms with Crippen LogP contribution in [0.4, 0.5) is 0 Å². The lowest BCUT2D eigenvalue weighted by atomic mass is 9.73. The highest BCUT2D eigenvalue weighted by molar-refractivity contribution is 7.89. The number of carbonyl (C=O) groups excluding carboxylic acids is 1. The molecule has 1 aliphatic heterocycles. The van der Waals surface area contributed by atoms with Crippen molar-refractivity contribution in [2.75, 3.05) is 25.4 Å². The molecule has 1 N–H and O–H groups in total. The molecule has 27 heavy (non-hydrogen) atoms. The minimum atomic E-state index is -3.17. The van der Waals surface area contributed by atoms with Crippen LogP contribution in [-0.2, 0) is 10.0 Å². The van der Waals surface area contributed by atoms with Gasteiger partial charge in [-0.15, -0.1) is 0 Å². The Hall–Kier alpha value is -0.820. The van der Waals surface area contributed by atoms with Gasteiger partial charge in [0.05, 0.1) is 16.3 Å². The van der Waals surface area contributed by atoms with E-state index >= 15 is 0 Å². The highest BCUT2D eigenvalue weighted by Gasteiger charge is 2.38. The second-order valence-electron chi connectivity index (χ2n) is 7.70. The third-order valence-corrected chi connectivity index (χ3v) is 7.61. The summed E-state index contributed by atoms with van der Waals surface area (Å²) in [7, 11) is -3.17. The largest absolute Gasteiger partial charge is 0.351 e. The van der Waals surface area contributed by atoms with Crippen LogP contribution in [0.3, 0.4) is 0 Å². The molecule has 0 spiro atoms. The Balaban J connectivity index is 2.08. The number of benzene rings is 1. The van der Waals surface area contributed by atoms with Gasteiger partial charge in [-0.3, -0.25) is 4.79 Å². The summed E-state index contributed by atoms with van der Waals surface area (Å²) in [4.78, 5) is 12.6. The van der Waals surface area contributed by atoms with E-state index < -0.39 is 10.0 Å². The van der Waals surface area contributed by atoms with Crippen LogP contribution in [0.25, 0.3) is 0 Å². The van der Waals surface area contributed by atoms with Crippen LogP contribution < -0.4 is 5.32 Å². The van der Waals surface area contributed by atoms with Crippen molar-refractivity contribution in [3.63, 3.8) is 0 Å². The summed E-state index contributed by atoms with van der Waals surface area (Å²) in [6.07, 6.45) is 2.40. The van der Waals surface area contributed by atoms with E-state index in [9.17, 15) is 13.2 Å². The zero-order chi connectivity index (χ0) is 20.2. The van der Waals surface area contributed by atoms with E-state index in [0.29, 0.717) is 41.2 Å². The van der Waals surface area contributed by atoms with Crippen molar-refractivity contribution in [1.82, 2.24) is 9.62 Å². The van der Waals surface area contributed by atoms with E-state index in [4.69, 9.17) is 23.2 Å². The summed E-state index contributed by atoms with van der Waals surface area (Å²) in [5.41, 5.74) is 0.287. The first-order chi connectivity index (χ1) is 12.6. The zero-order valence-corrected chi connectivity index (χ0v) is 18.4. The van der Waals surface area contributed by atoms with Gasteiger partial charge in [0.15, 0.2) is 0 Å². The van der Waals surface area contributed by atoms with Crippen molar-refractivity contribution < 1.29 is 13.2 Å². The molecule has 0 bridgehead atoms. The second-order valence-corrected chi connectivity index (χ2v) is 10.8. The van der Waals surface area contributed by atoms with Gasteiger partial charge in [-0.25, -0.2) is 12.7 Å². The lowest BCUT2D eigenvalue weighted by Gasteiger charge is -2.42. The molecule has 1 aromatic rings. The second kappa shape index (κ2) is 9.12. The monoisotopic (exact) mass is 434 g/mol. The van der Waals surface area contributed by atoms with Crippen molar-refractivity contribution in [3.8, 4) is 0 Å². The van der Waals surface area contributed by atoms with Gasteiger partial charge in [0.2, 0.25) is 10.0 Å². The average molecular weight is 435 g/mol. The maximum absolute atomic E-state index is 12.6. The van der Waals surface area contributed by atoms with Crippen molar-refractivity contribution in [3.05, 3.63) is 33.8 Å². The molecule has 1 saturated heterocycles. The third kappa shape index (κ3) is 5.83. The molecular weight excluding hydrogens is 407 g/mol. The Morgan fingerprint density at radius 3 is 2.41 bits per heavy atom. The molecule has 5 nitrogen and oxygen atoms in total. The Morgan fingerprint density at radius 2 is 1.89 bits per heavy atom. The van der Waals surface area contributed by atoms with Crippen molar-refractivity contribution >= 4 is 39.1 Å². The maximum Gasteiger partial charge on any atom is 0.252 e. The number of amides is 1. The summed E-state index contributed by atoms with van der Waals surface area (Å²) in [5.74, 6) is 0.342. The minimum absolute atomic E-state index is 0.109. The van der Waals surface area contributed by atoms with Crippen LogP contribution in [0.1, 0.15) is 50.4 Å². The normalized spacial score (nSPS) is 17.9. The topological polar surface area (TPSA) is 66.5 Å². The molecular formula is C19H28Cl2N2O3S. The molecule has 8 heteroatoms. The van der Waals surface area contributed by atoms with Gasteiger partial charge >= 0.3 is 0 Å². The Morgan fingerprint density at radius 1 is 1.26 bits per heavy atom. The molecule has 2 rings (SSSR count). The molecule has 1 amide bonds. The van der Waals surface area contributed by atoms with Crippen LogP contribution in [0.15, 0.2) is 18.2 Å². The van der Waals surface area contributed by atoms with Crippen molar-refractivity contribution in [2.45, 2.75) is 40.0 Å². The summed E-state index contributed by atoms with van der Waals surface area (Å²) in [5, 5.41) is 3.81. The molecule has 152 valence electrons. The summed E-state index contributed by atoms with van der Waals surface area (Å²) >= 11 is 12.0. The summed E-state index contributed by atoms with van der Waals surface area (Å²) in [6.45, 7) is 7.47. The quantitative estimate of drug-likeness (QED) is 0.698. The lowest BCUT2D eigenvalue weighted by molar-refractivity contribution is 0.0856. The molecule has 0 saturated carbocycles. The van der Waals surface area contributed by atoms with E-state index in [1.165, 1.54) is 0 Å². The zero-order valence-electron chi connectivity index (χ0n) is 16.1. The van der Waals surface area contributed by atoms with Gasteiger partial charge in [0, 0.05) is 24.7 Å². The van der Waals surface area contributed by atoms with Gasteiger partial charge in [0.1, 0.15) is 0 Å². The van der Waals surface area contributed by atoms with Crippen LogP contribution in [-0.4, -0.2) is 44.0 Å². The molecule has 0 aliphatic carbocycles. The summed E-state index contributed by atoms with van der Waals surface area (Å²) in [6, 6.07) is 4.81. The number of nitrogens with one attached hydrogen (secondary N) is 1. The fraction of sp³-hybridized carbons (Fsp3) is 0.632. The Bertz CT molecular complexity index is 773. The Labute approximate surface area is 172 Å². The van der Waals surface area contributed by atoms with Gasteiger partial charge in [-0.2, -0.15) is 0 Å². The first kappa shape index (κ1) is 22.5. The molecule has 0 unspecified atom stereocenters. The van der Waals surface area contributed by atoms with Gasteiger partial charge in [-0.1, -0.05) is 37.0 Å². The fourth-order valence-corrected chi connectivity index (χ4v) is 5.38. The molecule has 1 aliphatic rings. The van der Waals surface area contributed by atoms with Gasteiger partial charge < -0.3 is 5.32 Å². The Kier molecular flexibility index (Phi) is 7.59. The highest BCUT2D eigenvalue weighted by atomic mass is 35.5. The number of halogens is 2. The van der Waals surface area contributed by atoms with E-state index in [1.807, 2.05) is 0 Å². The summed E-state index contributed by atoms with van der Waals surface area (Å²) < 4.78 is 25.8. The number of hydrogen-bond acceptors (Lipinski definition) is 3. The number of nitrogens with zero attached hydrogens (tertiary/aromatic N) is 1. The van der Waals surface area contributed by atoms with E-state index in [0.717, 1.165) is 19.3 Å². The number of hydrogen-bond donors (Lipinski definition) is 1. The fourth-order valence-electron chi connectivity index (χ4n) is 3.78. The molecule has 0 atom stereocenters. The number of rotatable bonds is 7. The van der Waals surface area contributed by atoms with E-state index in [2.05, 4.69) is 19.2 Å². The van der Waals surface area contributed by atoms with Crippen molar-refractivity contribution in [2.24, 2.45) is 11.3 Å².